The molecule has 1 amide bonds. The second-order valence-corrected chi connectivity index (χ2v) is 9.58. The molecule has 2 fully saturated rings. The van der Waals surface area contributed by atoms with E-state index in [4.69, 9.17) is 4.74 Å². The summed E-state index contributed by atoms with van der Waals surface area (Å²) in [6.45, 7) is 4.28. The van der Waals surface area contributed by atoms with Crippen LogP contribution in [0.4, 0.5) is 0 Å². The molecule has 1 aromatic heterocycles. The van der Waals surface area contributed by atoms with E-state index in [1.807, 2.05) is 31.2 Å². The SMILES string of the molecule is COc1ccc(-c2nnc(S[C@@H](C)C(=O)NC3CC3)n2[C@@H]2CCCC[C@H]2C)cc1. The molecule has 0 spiro atoms. The fraction of sp³-hybridized carbons (Fsp3) is 0.591. The van der Waals surface area contributed by atoms with Crippen molar-refractivity contribution in [1.29, 1.82) is 0 Å². The Kier molecular flexibility index (Phi) is 6.13. The summed E-state index contributed by atoms with van der Waals surface area (Å²) in [4.78, 5) is 12.5. The highest BCUT2D eigenvalue weighted by atomic mass is 32.2. The maximum atomic E-state index is 12.5. The molecule has 7 heteroatoms. The van der Waals surface area contributed by atoms with Gasteiger partial charge in [-0.1, -0.05) is 31.5 Å². The largest absolute Gasteiger partial charge is 0.497 e. The Morgan fingerprint density at radius 2 is 1.90 bits per heavy atom. The highest BCUT2D eigenvalue weighted by molar-refractivity contribution is 8.00. The Hall–Kier alpha value is -2.02. The van der Waals surface area contributed by atoms with Crippen LogP contribution in [0.15, 0.2) is 29.4 Å². The van der Waals surface area contributed by atoms with Gasteiger partial charge in [0.15, 0.2) is 11.0 Å². The van der Waals surface area contributed by atoms with Crippen molar-refractivity contribution in [3.63, 3.8) is 0 Å². The predicted octanol–water partition coefficient (Wildman–Crippen LogP) is 4.46. The van der Waals surface area contributed by atoms with Gasteiger partial charge in [0.25, 0.3) is 0 Å². The van der Waals surface area contributed by atoms with Crippen LogP contribution in [-0.4, -0.2) is 39.1 Å². The summed E-state index contributed by atoms with van der Waals surface area (Å²) >= 11 is 1.52. The van der Waals surface area contributed by atoms with Gasteiger partial charge in [-0.15, -0.1) is 10.2 Å². The molecule has 1 heterocycles. The molecule has 156 valence electrons. The van der Waals surface area contributed by atoms with Gasteiger partial charge in [-0.3, -0.25) is 9.36 Å². The van der Waals surface area contributed by atoms with E-state index in [1.165, 1.54) is 31.0 Å². The quantitative estimate of drug-likeness (QED) is 0.677. The number of thioether (sulfide) groups is 1. The molecule has 6 nitrogen and oxygen atoms in total. The lowest BCUT2D eigenvalue weighted by Crippen LogP contribution is -2.33. The fourth-order valence-corrected chi connectivity index (χ4v) is 4.95. The third-order valence-electron chi connectivity index (χ3n) is 5.99. The number of amides is 1. The van der Waals surface area contributed by atoms with Crippen LogP contribution < -0.4 is 10.1 Å². The number of nitrogens with zero attached hydrogens (tertiary/aromatic N) is 3. The Balaban J connectivity index is 1.64. The van der Waals surface area contributed by atoms with Gasteiger partial charge >= 0.3 is 0 Å². The molecule has 0 bridgehead atoms. The van der Waals surface area contributed by atoms with Crippen molar-refractivity contribution >= 4 is 17.7 Å². The van der Waals surface area contributed by atoms with Crippen molar-refractivity contribution in [3.8, 4) is 17.1 Å². The summed E-state index contributed by atoms with van der Waals surface area (Å²) in [6, 6.07) is 8.71. The first kappa shape index (κ1) is 20.3. The minimum absolute atomic E-state index is 0.0924. The third-order valence-corrected chi connectivity index (χ3v) is 7.04. The van der Waals surface area contributed by atoms with Gasteiger partial charge in [0.2, 0.25) is 5.91 Å². The fourth-order valence-electron chi connectivity index (χ4n) is 4.03. The number of carbonyl (C=O) groups excluding carboxylic acids is 1. The summed E-state index contributed by atoms with van der Waals surface area (Å²) in [5, 5.41) is 12.8. The van der Waals surface area contributed by atoms with Gasteiger partial charge < -0.3 is 10.1 Å². The summed E-state index contributed by atoms with van der Waals surface area (Å²) in [5.41, 5.74) is 1.03. The van der Waals surface area contributed by atoms with Gasteiger partial charge in [0, 0.05) is 17.6 Å². The van der Waals surface area contributed by atoms with Crippen LogP contribution in [0.1, 0.15) is 58.4 Å². The molecule has 29 heavy (non-hydrogen) atoms. The molecule has 4 rings (SSSR count). The number of aromatic nitrogens is 3. The number of hydrogen-bond acceptors (Lipinski definition) is 5. The number of carbonyl (C=O) groups is 1. The zero-order valence-electron chi connectivity index (χ0n) is 17.4. The van der Waals surface area contributed by atoms with Crippen LogP contribution in [0.25, 0.3) is 11.4 Å². The zero-order valence-corrected chi connectivity index (χ0v) is 18.2. The number of hydrogen-bond donors (Lipinski definition) is 1. The van der Waals surface area contributed by atoms with E-state index in [0.717, 1.165) is 41.6 Å². The number of benzene rings is 1. The minimum atomic E-state index is -0.193. The molecule has 3 atom stereocenters. The van der Waals surface area contributed by atoms with Gasteiger partial charge in [-0.25, -0.2) is 0 Å². The van der Waals surface area contributed by atoms with E-state index in [1.54, 1.807) is 7.11 Å². The van der Waals surface area contributed by atoms with Crippen LogP contribution in [0.2, 0.25) is 0 Å². The number of methoxy groups -OCH3 is 1. The standard InChI is InChI=1S/C22H30N4O2S/c1-14-6-4-5-7-19(14)26-20(16-8-12-18(28-3)13-9-16)24-25-22(26)29-15(2)21(27)23-17-10-11-17/h8-9,12-15,17,19H,4-7,10-11H2,1-3H3,(H,23,27)/t14-,15+,19-/m1/s1. The van der Waals surface area contributed by atoms with Crippen molar-refractivity contribution in [2.45, 2.75) is 74.9 Å². The van der Waals surface area contributed by atoms with Crippen molar-refractivity contribution in [3.05, 3.63) is 24.3 Å². The van der Waals surface area contributed by atoms with E-state index in [0.29, 0.717) is 18.0 Å². The maximum absolute atomic E-state index is 12.5. The van der Waals surface area contributed by atoms with Crippen LogP contribution in [0.5, 0.6) is 5.75 Å². The van der Waals surface area contributed by atoms with Gasteiger partial charge in [-0.2, -0.15) is 0 Å². The lowest BCUT2D eigenvalue weighted by Gasteiger charge is -2.31. The van der Waals surface area contributed by atoms with Crippen molar-refractivity contribution in [2.75, 3.05) is 7.11 Å². The molecule has 1 aromatic carbocycles. The summed E-state index contributed by atoms with van der Waals surface area (Å²) < 4.78 is 7.59. The van der Waals surface area contributed by atoms with Crippen molar-refractivity contribution in [2.24, 2.45) is 5.92 Å². The second kappa shape index (κ2) is 8.78. The van der Waals surface area contributed by atoms with E-state index in [9.17, 15) is 4.79 Å². The third kappa shape index (κ3) is 4.60. The first-order valence-electron chi connectivity index (χ1n) is 10.6. The van der Waals surface area contributed by atoms with Crippen LogP contribution >= 0.6 is 11.8 Å². The highest BCUT2D eigenvalue weighted by Crippen LogP contribution is 2.40. The van der Waals surface area contributed by atoms with Crippen molar-refractivity contribution in [1.82, 2.24) is 20.1 Å². The number of rotatable bonds is 7. The molecule has 2 aliphatic rings. The second-order valence-electron chi connectivity index (χ2n) is 8.28. The molecule has 1 N–H and O–H groups in total. The first-order chi connectivity index (χ1) is 14.1. The molecule has 2 saturated carbocycles. The monoisotopic (exact) mass is 414 g/mol. The summed E-state index contributed by atoms with van der Waals surface area (Å²) in [5.74, 6) is 2.36. The van der Waals surface area contributed by atoms with Crippen LogP contribution in [-0.2, 0) is 4.79 Å². The molecule has 2 aliphatic carbocycles. The van der Waals surface area contributed by atoms with E-state index in [2.05, 4.69) is 27.0 Å². The molecular weight excluding hydrogens is 384 g/mol. The molecule has 0 radical (unpaired) electrons. The van der Waals surface area contributed by atoms with E-state index in [-0.39, 0.29) is 11.2 Å². The van der Waals surface area contributed by atoms with Gasteiger partial charge in [-0.05, 0) is 62.8 Å². The average Bonchev–Trinajstić information content (AvgIpc) is 3.46. The number of ether oxygens (including phenoxy) is 1. The van der Waals surface area contributed by atoms with Gasteiger partial charge in [0.1, 0.15) is 5.75 Å². The topological polar surface area (TPSA) is 69.0 Å². The average molecular weight is 415 g/mol. The van der Waals surface area contributed by atoms with Crippen LogP contribution in [0, 0.1) is 5.92 Å². The van der Waals surface area contributed by atoms with E-state index < -0.39 is 0 Å². The Morgan fingerprint density at radius 1 is 1.17 bits per heavy atom. The Morgan fingerprint density at radius 3 is 2.55 bits per heavy atom. The van der Waals surface area contributed by atoms with Crippen molar-refractivity contribution < 1.29 is 9.53 Å². The lowest BCUT2D eigenvalue weighted by molar-refractivity contribution is -0.120. The zero-order chi connectivity index (χ0) is 20.4. The molecule has 0 aliphatic heterocycles. The smallest absolute Gasteiger partial charge is 0.233 e. The molecular formula is C22H30N4O2S. The minimum Gasteiger partial charge on any atom is -0.497 e. The summed E-state index contributed by atoms with van der Waals surface area (Å²) in [6.07, 6.45) is 7.03. The maximum Gasteiger partial charge on any atom is 0.233 e. The lowest BCUT2D eigenvalue weighted by atomic mass is 9.85. The highest BCUT2D eigenvalue weighted by Gasteiger charge is 2.31. The molecule has 0 saturated heterocycles. The summed E-state index contributed by atoms with van der Waals surface area (Å²) in [7, 11) is 1.67. The predicted molar refractivity (Wildman–Crippen MR) is 115 cm³/mol. The number of nitrogens with one attached hydrogen (secondary N) is 1. The Bertz CT molecular complexity index is 847. The normalized spacial score (nSPS) is 22.9. The van der Waals surface area contributed by atoms with Gasteiger partial charge in [0.05, 0.1) is 12.4 Å². The molecule has 0 unspecified atom stereocenters. The van der Waals surface area contributed by atoms with E-state index >= 15 is 0 Å². The Labute approximate surface area is 176 Å². The molecule has 2 aromatic rings. The first-order valence-corrected chi connectivity index (χ1v) is 11.5. The van der Waals surface area contributed by atoms with Crippen LogP contribution in [0.3, 0.4) is 0 Å².